The van der Waals surface area contributed by atoms with Crippen LogP contribution in [0, 0.1) is 6.92 Å². The van der Waals surface area contributed by atoms with Crippen molar-refractivity contribution in [1.82, 2.24) is 9.78 Å². The van der Waals surface area contributed by atoms with Crippen LogP contribution in [-0.4, -0.2) is 51.7 Å². The van der Waals surface area contributed by atoms with E-state index in [4.69, 9.17) is 10.2 Å². The molecule has 1 aromatic heterocycles. The Labute approximate surface area is 103 Å². The fourth-order valence-electron chi connectivity index (χ4n) is 1.32. The standard InChI is InChI=1S/C10H15N3O5/c1-7-4-8(13(12-7)2-3-14)11-9(15)5-18-6-10(16)17/h4,14H,2-3,5-6H2,1H3,(H,11,15)(H,16,17). The average Bonchev–Trinajstić information content (AvgIpc) is 2.59. The number of aromatic nitrogens is 2. The summed E-state index contributed by atoms with van der Waals surface area (Å²) >= 11 is 0. The smallest absolute Gasteiger partial charge is 0.329 e. The molecule has 0 saturated carbocycles. The number of aliphatic hydroxyl groups is 1. The first kappa shape index (κ1) is 14.1. The van der Waals surface area contributed by atoms with E-state index in [2.05, 4.69) is 15.2 Å². The highest BCUT2D eigenvalue weighted by molar-refractivity contribution is 5.91. The molecular formula is C10H15N3O5. The van der Waals surface area contributed by atoms with E-state index >= 15 is 0 Å². The number of aliphatic hydroxyl groups excluding tert-OH is 1. The van der Waals surface area contributed by atoms with E-state index in [1.54, 1.807) is 13.0 Å². The van der Waals surface area contributed by atoms with Gasteiger partial charge >= 0.3 is 5.97 Å². The quantitative estimate of drug-likeness (QED) is 0.590. The number of carboxylic acid groups (broad SMARTS) is 1. The highest BCUT2D eigenvalue weighted by Crippen LogP contribution is 2.09. The zero-order valence-corrected chi connectivity index (χ0v) is 9.92. The summed E-state index contributed by atoms with van der Waals surface area (Å²) < 4.78 is 6.09. The Balaban J connectivity index is 2.50. The molecule has 1 aromatic rings. The maximum atomic E-state index is 11.4. The third-order valence-corrected chi connectivity index (χ3v) is 1.94. The SMILES string of the molecule is Cc1cc(NC(=O)COCC(=O)O)n(CCO)n1. The van der Waals surface area contributed by atoms with Gasteiger partial charge in [0, 0.05) is 6.07 Å². The number of nitrogens with one attached hydrogen (secondary N) is 1. The van der Waals surface area contributed by atoms with Crippen LogP contribution in [0.5, 0.6) is 0 Å². The molecule has 0 aromatic carbocycles. The van der Waals surface area contributed by atoms with Gasteiger partial charge in [-0.05, 0) is 6.92 Å². The number of carbonyl (C=O) groups excluding carboxylic acids is 1. The minimum atomic E-state index is -1.14. The molecule has 3 N–H and O–H groups in total. The average molecular weight is 257 g/mol. The number of rotatable bonds is 7. The molecule has 0 fully saturated rings. The topological polar surface area (TPSA) is 114 Å². The molecule has 8 nitrogen and oxygen atoms in total. The van der Waals surface area contributed by atoms with Crippen LogP contribution in [0.25, 0.3) is 0 Å². The van der Waals surface area contributed by atoms with Crippen LogP contribution in [0.15, 0.2) is 6.07 Å². The van der Waals surface area contributed by atoms with Crippen LogP contribution in [-0.2, 0) is 20.9 Å². The zero-order valence-electron chi connectivity index (χ0n) is 9.92. The molecule has 0 aliphatic heterocycles. The van der Waals surface area contributed by atoms with E-state index in [0.29, 0.717) is 11.5 Å². The molecule has 18 heavy (non-hydrogen) atoms. The second-order valence-electron chi connectivity index (χ2n) is 3.55. The van der Waals surface area contributed by atoms with Gasteiger partial charge in [0.15, 0.2) is 0 Å². The molecule has 0 bridgehead atoms. The summed E-state index contributed by atoms with van der Waals surface area (Å²) in [7, 11) is 0. The lowest BCUT2D eigenvalue weighted by molar-refractivity contribution is -0.143. The molecule has 0 saturated heterocycles. The molecule has 0 aliphatic carbocycles. The number of carboxylic acids is 1. The summed E-state index contributed by atoms with van der Waals surface area (Å²) in [4.78, 5) is 21.6. The van der Waals surface area contributed by atoms with Crippen LogP contribution in [0.4, 0.5) is 5.82 Å². The highest BCUT2D eigenvalue weighted by atomic mass is 16.5. The van der Waals surface area contributed by atoms with Crippen LogP contribution in [0.1, 0.15) is 5.69 Å². The zero-order chi connectivity index (χ0) is 13.5. The summed E-state index contributed by atoms with van der Waals surface area (Å²) in [5.41, 5.74) is 0.699. The predicted octanol–water partition coefficient (Wildman–Crippen LogP) is -0.776. The second kappa shape index (κ2) is 6.72. The molecule has 1 rings (SSSR count). The molecular weight excluding hydrogens is 242 g/mol. The lowest BCUT2D eigenvalue weighted by Gasteiger charge is -2.07. The van der Waals surface area contributed by atoms with Gasteiger partial charge in [-0.25, -0.2) is 9.48 Å². The summed E-state index contributed by atoms with van der Waals surface area (Å²) in [5.74, 6) is -1.18. The van der Waals surface area contributed by atoms with E-state index in [-0.39, 0.29) is 19.8 Å². The largest absolute Gasteiger partial charge is 0.480 e. The molecule has 8 heteroatoms. The number of carbonyl (C=O) groups is 2. The van der Waals surface area contributed by atoms with Crippen molar-refractivity contribution in [2.45, 2.75) is 13.5 Å². The Morgan fingerprint density at radius 1 is 1.50 bits per heavy atom. The van der Waals surface area contributed by atoms with Crippen molar-refractivity contribution in [2.24, 2.45) is 0 Å². The van der Waals surface area contributed by atoms with Crippen LogP contribution in [0.3, 0.4) is 0 Å². The van der Waals surface area contributed by atoms with Gasteiger partial charge in [-0.3, -0.25) is 4.79 Å². The lowest BCUT2D eigenvalue weighted by atomic mass is 10.4. The Kier molecular flexibility index (Phi) is 5.28. The summed E-state index contributed by atoms with van der Waals surface area (Å²) in [6.07, 6.45) is 0. The first-order chi connectivity index (χ1) is 8.52. The summed E-state index contributed by atoms with van der Waals surface area (Å²) in [6, 6.07) is 1.64. The Morgan fingerprint density at radius 2 is 2.22 bits per heavy atom. The van der Waals surface area contributed by atoms with Crippen molar-refractivity contribution in [3.63, 3.8) is 0 Å². The number of aryl methyl sites for hydroxylation is 1. The Morgan fingerprint density at radius 3 is 2.83 bits per heavy atom. The minimum absolute atomic E-state index is 0.0977. The van der Waals surface area contributed by atoms with Crippen molar-refractivity contribution in [3.05, 3.63) is 11.8 Å². The van der Waals surface area contributed by atoms with Crippen molar-refractivity contribution >= 4 is 17.7 Å². The maximum Gasteiger partial charge on any atom is 0.329 e. The van der Waals surface area contributed by atoms with Gasteiger partial charge in [-0.1, -0.05) is 0 Å². The van der Waals surface area contributed by atoms with Gasteiger partial charge in [0.1, 0.15) is 19.0 Å². The lowest BCUT2D eigenvalue weighted by Crippen LogP contribution is -2.22. The van der Waals surface area contributed by atoms with Crippen LogP contribution >= 0.6 is 0 Å². The van der Waals surface area contributed by atoms with Crippen molar-refractivity contribution in [1.29, 1.82) is 0 Å². The van der Waals surface area contributed by atoms with E-state index in [0.717, 1.165) is 0 Å². The normalized spacial score (nSPS) is 10.3. The van der Waals surface area contributed by atoms with E-state index < -0.39 is 18.5 Å². The molecule has 0 radical (unpaired) electrons. The Bertz CT molecular complexity index is 429. The highest BCUT2D eigenvalue weighted by Gasteiger charge is 2.09. The number of anilines is 1. The number of hydrogen-bond acceptors (Lipinski definition) is 5. The van der Waals surface area contributed by atoms with Gasteiger partial charge in [0.2, 0.25) is 0 Å². The fraction of sp³-hybridized carbons (Fsp3) is 0.500. The molecule has 1 amide bonds. The monoisotopic (exact) mass is 257 g/mol. The van der Waals surface area contributed by atoms with E-state index in [1.807, 2.05) is 0 Å². The van der Waals surface area contributed by atoms with Crippen LogP contribution in [0.2, 0.25) is 0 Å². The Hall–Kier alpha value is -1.93. The number of ether oxygens (including phenoxy) is 1. The van der Waals surface area contributed by atoms with Gasteiger partial charge < -0.3 is 20.3 Å². The molecule has 100 valence electrons. The molecule has 0 atom stereocenters. The van der Waals surface area contributed by atoms with E-state index in [1.165, 1.54) is 4.68 Å². The number of amides is 1. The van der Waals surface area contributed by atoms with Gasteiger partial charge in [-0.15, -0.1) is 0 Å². The number of nitrogens with zero attached hydrogens (tertiary/aromatic N) is 2. The predicted molar refractivity (Wildman–Crippen MR) is 61.1 cm³/mol. The fourth-order valence-corrected chi connectivity index (χ4v) is 1.32. The first-order valence-corrected chi connectivity index (χ1v) is 5.27. The third kappa shape index (κ3) is 4.52. The third-order valence-electron chi connectivity index (χ3n) is 1.94. The first-order valence-electron chi connectivity index (χ1n) is 5.27. The maximum absolute atomic E-state index is 11.4. The van der Waals surface area contributed by atoms with Crippen molar-refractivity contribution < 1.29 is 24.5 Å². The number of aliphatic carboxylic acids is 1. The number of hydrogen-bond donors (Lipinski definition) is 3. The van der Waals surface area contributed by atoms with Gasteiger partial charge in [0.25, 0.3) is 5.91 Å². The summed E-state index contributed by atoms with van der Waals surface area (Å²) in [6.45, 7) is 1.04. The molecule has 0 aliphatic rings. The van der Waals surface area contributed by atoms with Crippen LogP contribution < -0.4 is 5.32 Å². The minimum Gasteiger partial charge on any atom is -0.480 e. The van der Waals surface area contributed by atoms with E-state index in [9.17, 15) is 9.59 Å². The van der Waals surface area contributed by atoms with Crippen molar-refractivity contribution in [3.8, 4) is 0 Å². The second-order valence-corrected chi connectivity index (χ2v) is 3.55. The van der Waals surface area contributed by atoms with Crippen molar-refractivity contribution in [2.75, 3.05) is 25.1 Å². The molecule has 0 unspecified atom stereocenters. The molecule has 0 spiro atoms. The van der Waals surface area contributed by atoms with Gasteiger partial charge in [0.05, 0.1) is 18.8 Å². The molecule has 1 heterocycles. The summed E-state index contributed by atoms with van der Waals surface area (Å²) in [5, 5.41) is 23.8. The van der Waals surface area contributed by atoms with Gasteiger partial charge in [-0.2, -0.15) is 5.10 Å².